The SMILES string of the molecule is CC(=O)/C(C)=C/C1=C(F)c2ccccc2CCC1. The zero-order valence-electron chi connectivity index (χ0n) is 10.8. The molecule has 0 bridgehead atoms. The molecule has 2 rings (SSSR count). The van der Waals surface area contributed by atoms with Crippen LogP contribution < -0.4 is 0 Å². The average Bonchev–Trinajstić information content (AvgIpc) is 2.51. The van der Waals surface area contributed by atoms with Crippen LogP contribution in [-0.4, -0.2) is 5.78 Å². The van der Waals surface area contributed by atoms with Crippen LogP contribution in [0.1, 0.15) is 37.8 Å². The molecule has 1 aliphatic carbocycles. The molecule has 0 aromatic heterocycles. The first-order valence-electron chi connectivity index (χ1n) is 6.25. The maximum Gasteiger partial charge on any atom is 0.155 e. The van der Waals surface area contributed by atoms with Crippen molar-refractivity contribution in [2.75, 3.05) is 0 Å². The van der Waals surface area contributed by atoms with Gasteiger partial charge in [0.15, 0.2) is 5.78 Å². The van der Waals surface area contributed by atoms with Crippen LogP contribution in [0.3, 0.4) is 0 Å². The van der Waals surface area contributed by atoms with Crippen molar-refractivity contribution in [3.63, 3.8) is 0 Å². The number of hydrogen-bond acceptors (Lipinski definition) is 1. The van der Waals surface area contributed by atoms with Gasteiger partial charge in [-0.05, 0) is 55.9 Å². The van der Waals surface area contributed by atoms with E-state index in [2.05, 4.69) is 0 Å². The Morgan fingerprint density at radius 1 is 1.22 bits per heavy atom. The number of carbonyl (C=O) groups excluding carboxylic acids is 1. The highest BCUT2D eigenvalue weighted by Crippen LogP contribution is 2.32. The van der Waals surface area contributed by atoms with E-state index < -0.39 is 0 Å². The van der Waals surface area contributed by atoms with Crippen LogP contribution in [0.4, 0.5) is 4.39 Å². The predicted molar refractivity (Wildman–Crippen MR) is 71.8 cm³/mol. The molecule has 2 heteroatoms. The second-order valence-electron chi connectivity index (χ2n) is 4.73. The minimum atomic E-state index is -0.177. The average molecular weight is 244 g/mol. The molecule has 0 N–H and O–H groups in total. The summed E-state index contributed by atoms with van der Waals surface area (Å²) in [5.74, 6) is -0.184. The van der Waals surface area contributed by atoms with Crippen molar-refractivity contribution in [3.8, 4) is 0 Å². The van der Waals surface area contributed by atoms with Crippen molar-refractivity contribution >= 4 is 11.6 Å². The van der Waals surface area contributed by atoms with Crippen molar-refractivity contribution in [3.05, 3.63) is 52.6 Å². The summed E-state index contributed by atoms with van der Waals surface area (Å²) in [5, 5.41) is 0. The largest absolute Gasteiger partial charge is 0.295 e. The lowest BCUT2D eigenvalue weighted by Crippen LogP contribution is -1.93. The molecule has 0 unspecified atom stereocenters. The molecule has 0 aliphatic heterocycles. The molecule has 18 heavy (non-hydrogen) atoms. The maximum atomic E-state index is 14.4. The highest BCUT2D eigenvalue weighted by molar-refractivity contribution is 5.93. The summed E-state index contributed by atoms with van der Waals surface area (Å²) in [4.78, 5) is 11.2. The molecule has 1 aromatic rings. The molecule has 0 fully saturated rings. The molecular formula is C16H17FO. The normalized spacial score (nSPS) is 16.3. The molecule has 1 aliphatic rings. The number of carbonyl (C=O) groups is 1. The summed E-state index contributed by atoms with van der Waals surface area (Å²) in [6.45, 7) is 3.24. The van der Waals surface area contributed by atoms with E-state index in [1.54, 1.807) is 13.0 Å². The van der Waals surface area contributed by atoms with Crippen LogP contribution in [0.25, 0.3) is 5.83 Å². The van der Waals surface area contributed by atoms with Crippen molar-refractivity contribution in [1.29, 1.82) is 0 Å². The van der Waals surface area contributed by atoms with Gasteiger partial charge < -0.3 is 0 Å². The van der Waals surface area contributed by atoms with Gasteiger partial charge in [-0.15, -0.1) is 0 Å². The molecule has 94 valence electrons. The van der Waals surface area contributed by atoms with Gasteiger partial charge >= 0.3 is 0 Å². The zero-order valence-corrected chi connectivity index (χ0v) is 10.8. The second-order valence-corrected chi connectivity index (χ2v) is 4.73. The predicted octanol–water partition coefficient (Wildman–Crippen LogP) is 4.24. The van der Waals surface area contributed by atoms with E-state index >= 15 is 0 Å². The number of benzene rings is 1. The first-order valence-corrected chi connectivity index (χ1v) is 6.25. The monoisotopic (exact) mass is 244 g/mol. The number of fused-ring (bicyclic) bond motifs is 1. The van der Waals surface area contributed by atoms with Crippen LogP contribution in [0.15, 0.2) is 41.5 Å². The molecule has 0 radical (unpaired) electrons. The number of Topliss-reactive ketones (excluding diaryl/α,β-unsaturated/α-hetero) is 1. The smallest absolute Gasteiger partial charge is 0.155 e. The fourth-order valence-electron chi connectivity index (χ4n) is 2.20. The fourth-order valence-corrected chi connectivity index (χ4v) is 2.20. The molecule has 0 spiro atoms. The maximum absolute atomic E-state index is 14.4. The third kappa shape index (κ3) is 2.58. The van der Waals surface area contributed by atoms with E-state index in [1.165, 1.54) is 6.92 Å². The summed E-state index contributed by atoms with van der Waals surface area (Å²) >= 11 is 0. The molecule has 0 amide bonds. The molecule has 0 saturated heterocycles. The zero-order chi connectivity index (χ0) is 13.1. The summed E-state index contributed by atoms with van der Waals surface area (Å²) in [6, 6.07) is 7.57. The first-order chi connectivity index (χ1) is 8.59. The van der Waals surface area contributed by atoms with Crippen molar-refractivity contribution < 1.29 is 9.18 Å². The van der Waals surface area contributed by atoms with Crippen LogP contribution in [0.2, 0.25) is 0 Å². The Balaban J connectivity index is 2.48. The van der Waals surface area contributed by atoms with Gasteiger partial charge in [-0.2, -0.15) is 0 Å². The number of ketones is 1. The molecular weight excluding hydrogens is 227 g/mol. The van der Waals surface area contributed by atoms with E-state index in [9.17, 15) is 9.18 Å². The van der Waals surface area contributed by atoms with Gasteiger partial charge in [0.05, 0.1) is 0 Å². The molecule has 1 nitrogen and oxygen atoms in total. The van der Waals surface area contributed by atoms with E-state index in [4.69, 9.17) is 0 Å². The Morgan fingerprint density at radius 3 is 2.67 bits per heavy atom. The Hall–Kier alpha value is -1.70. The van der Waals surface area contributed by atoms with Crippen LogP contribution >= 0.6 is 0 Å². The highest BCUT2D eigenvalue weighted by Gasteiger charge is 2.16. The highest BCUT2D eigenvalue weighted by atomic mass is 19.1. The third-order valence-corrected chi connectivity index (χ3v) is 3.37. The second kappa shape index (κ2) is 5.30. The first kappa shape index (κ1) is 12.7. The van der Waals surface area contributed by atoms with E-state index in [0.717, 1.165) is 18.4 Å². The number of halogens is 1. The van der Waals surface area contributed by atoms with Crippen molar-refractivity contribution in [1.82, 2.24) is 0 Å². The van der Waals surface area contributed by atoms with Gasteiger partial charge in [0, 0.05) is 5.56 Å². The minimum Gasteiger partial charge on any atom is -0.295 e. The standard InChI is InChI=1S/C16H17FO/c1-11(12(2)18)10-14-8-5-7-13-6-3-4-9-15(13)16(14)17/h3-4,6,9-10H,5,7-8H2,1-2H3/b11-10+. The number of hydrogen-bond donors (Lipinski definition) is 0. The third-order valence-electron chi connectivity index (χ3n) is 3.37. The van der Waals surface area contributed by atoms with Gasteiger partial charge in [-0.3, -0.25) is 4.79 Å². The number of allylic oxidation sites excluding steroid dienone is 3. The Labute approximate surface area is 107 Å². The van der Waals surface area contributed by atoms with Crippen LogP contribution in [0, 0.1) is 0 Å². The van der Waals surface area contributed by atoms with Crippen LogP contribution in [0.5, 0.6) is 0 Å². The quantitative estimate of drug-likeness (QED) is 0.711. The lowest BCUT2D eigenvalue weighted by Gasteiger charge is -2.05. The Morgan fingerprint density at radius 2 is 1.94 bits per heavy atom. The van der Waals surface area contributed by atoms with Gasteiger partial charge in [0.1, 0.15) is 5.83 Å². The van der Waals surface area contributed by atoms with Gasteiger partial charge in [-0.25, -0.2) is 4.39 Å². The molecule has 0 saturated carbocycles. The number of aryl methyl sites for hydroxylation is 1. The van der Waals surface area contributed by atoms with Gasteiger partial charge in [0.2, 0.25) is 0 Å². The van der Waals surface area contributed by atoms with Crippen LogP contribution in [-0.2, 0) is 11.2 Å². The molecule has 1 aromatic carbocycles. The number of rotatable bonds is 2. The fraction of sp³-hybridized carbons (Fsp3) is 0.312. The summed E-state index contributed by atoms with van der Waals surface area (Å²) in [6.07, 6.45) is 4.19. The van der Waals surface area contributed by atoms with E-state index in [1.807, 2.05) is 24.3 Å². The Kier molecular flexibility index (Phi) is 3.75. The topological polar surface area (TPSA) is 17.1 Å². The van der Waals surface area contributed by atoms with E-state index in [0.29, 0.717) is 23.1 Å². The van der Waals surface area contributed by atoms with Gasteiger partial charge in [0.25, 0.3) is 0 Å². The van der Waals surface area contributed by atoms with Crippen molar-refractivity contribution in [2.45, 2.75) is 33.1 Å². The van der Waals surface area contributed by atoms with Gasteiger partial charge in [-0.1, -0.05) is 24.3 Å². The lowest BCUT2D eigenvalue weighted by molar-refractivity contribution is -0.113. The van der Waals surface area contributed by atoms with Crippen molar-refractivity contribution in [2.24, 2.45) is 0 Å². The molecule has 0 heterocycles. The Bertz CT molecular complexity index is 538. The lowest BCUT2D eigenvalue weighted by atomic mass is 10.0. The molecule has 0 atom stereocenters. The van der Waals surface area contributed by atoms with E-state index in [-0.39, 0.29) is 11.6 Å². The minimum absolute atomic E-state index is 0.00664. The summed E-state index contributed by atoms with van der Waals surface area (Å²) < 4.78 is 14.4. The summed E-state index contributed by atoms with van der Waals surface area (Å²) in [7, 11) is 0. The summed E-state index contributed by atoms with van der Waals surface area (Å²) in [5.41, 5.74) is 2.99.